The number of allylic oxidation sites excluding steroid dienone is 1. The van der Waals surface area contributed by atoms with Gasteiger partial charge in [-0.2, -0.15) is 0 Å². The van der Waals surface area contributed by atoms with E-state index in [0.29, 0.717) is 5.75 Å². The van der Waals surface area contributed by atoms with Crippen molar-refractivity contribution in [2.45, 2.75) is 0 Å². The second-order valence-electron chi connectivity index (χ2n) is 4.57. The molecule has 0 bridgehead atoms. The number of hydrogen-bond acceptors (Lipinski definition) is 4. The first kappa shape index (κ1) is 15.3. The van der Waals surface area contributed by atoms with Gasteiger partial charge in [0.2, 0.25) is 0 Å². The van der Waals surface area contributed by atoms with E-state index < -0.39 is 5.91 Å². The molecule has 2 aromatic carbocycles. The Hall–Kier alpha value is -3.08. The number of carbonyl (C=O) groups is 2. The molecule has 2 aromatic rings. The number of hydrogen-bond donors (Lipinski definition) is 2. The van der Waals surface area contributed by atoms with Gasteiger partial charge in [0.1, 0.15) is 11.5 Å². The third-order valence-corrected chi connectivity index (χ3v) is 3.07. The Labute approximate surface area is 127 Å². The number of aromatic hydroxyl groups is 1. The molecule has 0 aliphatic heterocycles. The monoisotopic (exact) mass is 297 g/mol. The van der Waals surface area contributed by atoms with Crippen molar-refractivity contribution in [2.75, 3.05) is 7.11 Å². The summed E-state index contributed by atoms with van der Waals surface area (Å²) in [5.41, 5.74) is 6.13. The third kappa shape index (κ3) is 3.52. The van der Waals surface area contributed by atoms with Crippen molar-refractivity contribution in [3.05, 3.63) is 65.2 Å². The van der Waals surface area contributed by atoms with E-state index in [9.17, 15) is 14.7 Å². The Kier molecular flexibility index (Phi) is 4.58. The van der Waals surface area contributed by atoms with E-state index in [1.165, 1.54) is 24.3 Å². The molecule has 0 radical (unpaired) electrons. The van der Waals surface area contributed by atoms with Crippen molar-refractivity contribution in [1.29, 1.82) is 0 Å². The highest BCUT2D eigenvalue weighted by molar-refractivity contribution is 6.08. The number of rotatable bonds is 5. The van der Waals surface area contributed by atoms with Crippen LogP contribution in [0.15, 0.2) is 48.5 Å². The Bertz CT molecular complexity index is 750. The predicted molar refractivity (Wildman–Crippen MR) is 83.0 cm³/mol. The molecule has 22 heavy (non-hydrogen) atoms. The number of primary amides is 1. The summed E-state index contributed by atoms with van der Waals surface area (Å²) in [5, 5.41) is 9.51. The molecule has 0 spiro atoms. The summed E-state index contributed by atoms with van der Waals surface area (Å²) >= 11 is 0. The van der Waals surface area contributed by atoms with Gasteiger partial charge in [-0.05, 0) is 42.0 Å². The standard InChI is InChI=1S/C17H15NO4/c1-22-13-4-2-3-11(9-13)5-7-15(19)12-6-8-16(20)14(10-12)17(18)21/h2-10,20H,1H3,(H2,18,21)/b7-5+. The lowest BCUT2D eigenvalue weighted by Gasteiger charge is -2.03. The van der Waals surface area contributed by atoms with Crippen LogP contribution in [0.5, 0.6) is 11.5 Å². The van der Waals surface area contributed by atoms with Crippen molar-refractivity contribution in [3.8, 4) is 11.5 Å². The van der Waals surface area contributed by atoms with Crippen molar-refractivity contribution < 1.29 is 19.4 Å². The molecule has 0 heterocycles. The van der Waals surface area contributed by atoms with Gasteiger partial charge in [-0.15, -0.1) is 0 Å². The normalized spacial score (nSPS) is 10.6. The van der Waals surface area contributed by atoms with Crippen LogP contribution in [-0.4, -0.2) is 23.9 Å². The molecule has 5 heteroatoms. The first-order valence-electron chi connectivity index (χ1n) is 6.50. The van der Waals surface area contributed by atoms with Crippen LogP contribution in [0.4, 0.5) is 0 Å². The minimum Gasteiger partial charge on any atom is -0.507 e. The summed E-state index contributed by atoms with van der Waals surface area (Å²) in [6.07, 6.45) is 3.02. The summed E-state index contributed by atoms with van der Waals surface area (Å²) in [4.78, 5) is 23.3. The Morgan fingerprint density at radius 2 is 1.95 bits per heavy atom. The Morgan fingerprint density at radius 3 is 2.64 bits per heavy atom. The van der Waals surface area contributed by atoms with E-state index in [-0.39, 0.29) is 22.7 Å². The van der Waals surface area contributed by atoms with Crippen LogP contribution < -0.4 is 10.5 Å². The number of ketones is 1. The first-order chi connectivity index (χ1) is 10.5. The van der Waals surface area contributed by atoms with Gasteiger partial charge in [-0.1, -0.05) is 18.2 Å². The van der Waals surface area contributed by atoms with Gasteiger partial charge in [-0.3, -0.25) is 9.59 Å². The van der Waals surface area contributed by atoms with E-state index in [0.717, 1.165) is 5.56 Å². The quantitative estimate of drug-likeness (QED) is 0.655. The van der Waals surface area contributed by atoms with Gasteiger partial charge in [0.05, 0.1) is 12.7 Å². The molecular formula is C17H15NO4. The molecule has 0 aliphatic rings. The molecule has 0 saturated heterocycles. The Morgan fingerprint density at radius 1 is 1.18 bits per heavy atom. The minimum atomic E-state index is -0.788. The van der Waals surface area contributed by atoms with Crippen molar-refractivity contribution in [3.63, 3.8) is 0 Å². The van der Waals surface area contributed by atoms with E-state index >= 15 is 0 Å². The van der Waals surface area contributed by atoms with Crippen molar-refractivity contribution in [2.24, 2.45) is 5.73 Å². The SMILES string of the molecule is COc1cccc(/C=C/C(=O)c2ccc(O)c(C(N)=O)c2)c1. The zero-order valence-corrected chi connectivity index (χ0v) is 11.9. The fourth-order valence-corrected chi connectivity index (χ4v) is 1.90. The molecule has 1 amide bonds. The van der Waals surface area contributed by atoms with Crippen LogP contribution in [0.1, 0.15) is 26.3 Å². The topological polar surface area (TPSA) is 89.6 Å². The number of methoxy groups -OCH3 is 1. The molecule has 2 rings (SSSR count). The lowest BCUT2D eigenvalue weighted by atomic mass is 10.0. The predicted octanol–water partition coefficient (Wildman–Crippen LogP) is 2.40. The molecule has 3 N–H and O–H groups in total. The molecule has 0 aliphatic carbocycles. The van der Waals surface area contributed by atoms with Crippen LogP contribution in [0.2, 0.25) is 0 Å². The van der Waals surface area contributed by atoms with E-state index in [1.807, 2.05) is 12.1 Å². The lowest BCUT2D eigenvalue weighted by molar-refractivity contribution is 0.0997. The number of ether oxygens (including phenoxy) is 1. The summed E-state index contributed by atoms with van der Waals surface area (Å²) < 4.78 is 5.10. The van der Waals surface area contributed by atoms with Gasteiger partial charge in [0, 0.05) is 5.56 Å². The molecule has 0 atom stereocenters. The largest absolute Gasteiger partial charge is 0.507 e. The van der Waals surface area contributed by atoms with Gasteiger partial charge < -0.3 is 15.6 Å². The fourth-order valence-electron chi connectivity index (χ4n) is 1.90. The minimum absolute atomic E-state index is 0.0827. The lowest BCUT2D eigenvalue weighted by Crippen LogP contribution is -2.12. The molecule has 0 saturated carbocycles. The maximum absolute atomic E-state index is 12.1. The van der Waals surface area contributed by atoms with Crippen LogP contribution in [0.3, 0.4) is 0 Å². The summed E-state index contributed by atoms with van der Waals surface area (Å²) in [7, 11) is 1.57. The highest BCUT2D eigenvalue weighted by atomic mass is 16.5. The zero-order valence-electron chi connectivity index (χ0n) is 11.9. The second kappa shape index (κ2) is 6.58. The van der Waals surface area contributed by atoms with E-state index in [4.69, 9.17) is 10.5 Å². The van der Waals surface area contributed by atoms with Crippen LogP contribution in [-0.2, 0) is 0 Å². The molecule has 112 valence electrons. The fraction of sp³-hybridized carbons (Fsp3) is 0.0588. The van der Waals surface area contributed by atoms with Gasteiger partial charge in [-0.25, -0.2) is 0 Å². The highest BCUT2D eigenvalue weighted by Gasteiger charge is 2.11. The number of phenols is 1. The van der Waals surface area contributed by atoms with Crippen molar-refractivity contribution >= 4 is 17.8 Å². The summed E-state index contributed by atoms with van der Waals surface area (Å²) in [6.45, 7) is 0. The number of carbonyl (C=O) groups excluding carboxylic acids is 2. The molecular weight excluding hydrogens is 282 g/mol. The summed E-state index contributed by atoms with van der Waals surface area (Å²) in [5.74, 6) is -0.648. The molecule has 0 aromatic heterocycles. The maximum atomic E-state index is 12.1. The van der Waals surface area contributed by atoms with Crippen LogP contribution in [0, 0.1) is 0 Å². The summed E-state index contributed by atoms with van der Waals surface area (Å²) in [6, 6.07) is 11.2. The number of nitrogens with two attached hydrogens (primary N) is 1. The first-order valence-corrected chi connectivity index (χ1v) is 6.50. The average molecular weight is 297 g/mol. The second-order valence-corrected chi connectivity index (χ2v) is 4.57. The Balaban J connectivity index is 2.23. The highest BCUT2D eigenvalue weighted by Crippen LogP contribution is 2.19. The third-order valence-electron chi connectivity index (χ3n) is 3.07. The van der Waals surface area contributed by atoms with Gasteiger partial charge >= 0.3 is 0 Å². The number of benzene rings is 2. The molecule has 5 nitrogen and oxygen atoms in total. The van der Waals surface area contributed by atoms with E-state index in [1.54, 1.807) is 25.3 Å². The average Bonchev–Trinajstić information content (AvgIpc) is 2.53. The van der Waals surface area contributed by atoms with Crippen LogP contribution >= 0.6 is 0 Å². The smallest absolute Gasteiger partial charge is 0.252 e. The zero-order chi connectivity index (χ0) is 16.1. The number of amides is 1. The van der Waals surface area contributed by atoms with E-state index in [2.05, 4.69) is 0 Å². The van der Waals surface area contributed by atoms with Gasteiger partial charge in [0.25, 0.3) is 5.91 Å². The molecule has 0 unspecified atom stereocenters. The van der Waals surface area contributed by atoms with Gasteiger partial charge in [0.15, 0.2) is 5.78 Å². The molecule has 0 fully saturated rings. The van der Waals surface area contributed by atoms with Crippen molar-refractivity contribution in [1.82, 2.24) is 0 Å². The van der Waals surface area contributed by atoms with Crippen LogP contribution in [0.25, 0.3) is 6.08 Å². The maximum Gasteiger partial charge on any atom is 0.252 e.